The number of ether oxygens (including phenoxy) is 1. The zero-order valence-electron chi connectivity index (χ0n) is 25.4. The Morgan fingerprint density at radius 2 is 1.21 bits per heavy atom. The first-order valence-corrected chi connectivity index (χ1v) is 15.6. The van der Waals surface area contributed by atoms with Crippen LogP contribution < -0.4 is 5.32 Å². The summed E-state index contributed by atoms with van der Waals surface area (Å²) in [7, 11) is 0. The van der Waals surface area contributed by atoms with E-state index in [9.17, 15) is 4.79 Å². The summed E-state index contributed by atoms with van der Waals surface area (Å²) in [6.07, 6.45) is 12.0. The Morgan fingerprint density at radius 3 is 1.62 bits per heavy atom. The summed E-state index contributed by atoms with van der Waals surface area (Å²) < 4.78 is 5.46. The minimum absolute atomic E-state index is 0.175. The largest absolute Gasteiger partial charge is 0.444 e. The monoisotopic (exact) mass is 534 g/mol. The van der Waals surface area contributed by atoms with E-state index in [0.29, 0.717) is 5.92 Å². The highest BCUT2D eigenvalue weighted by molar-refractivity contribution is 5.68. The van der Waals surface area contributed by atoms with Gasteiger partial charge in [0.1, 0.15) is 5.60 Å². The van der Waals surface area contributed by atoms with Crippen LogP contribution in [0.3, 0.4) is 0 Å². The Labute approximate surface area is 238 Å². The molecule has 2 heterocycles. The molecule has 1 amide bonds. The van der Waals surface area contributed by atoms with Crippen molar-refractivity contribution in [3.8, 4) is 0 Å². The van der Waals surface area contributed by atoms with Gasteiger partial charge in [0, 0.05) is 13.1 Å². The molecule has 2 aliphatic rings. The Hall–Kier alpha value is -2.33. The van der Waals surface area contributed by atoms with E-state index in [0.717, 1.165) is 31.8 Å². The SMILES string of the molecule is CCCCc1ccc(C2CCN(C(=O)OC(C)(C)C)CC2)cc1.CCCCc1ccc(C2CCNCC2)cc1. The van der Waals surface area contributed by atoms with Crippen LogP contribution in [0.4, 0.5) is 4.79 Å². The molecule has 4 rings (SSSR count). The lowest BCUT2D eigenvalue weighted by atomic mass is 9.89. The van der Waals surface area contributed by atoms with Gasteiger partial charge in [0.05, 0.1) is 0 Å². The molecule has 39 heavy (non-hydrogen) atoms. The average Bonchev–Trinajstić information content (AvgIpc) is 2.95. The van der Waals surface area contributed by atoms with Gasteiger partial charge in [-0.25, -0.2) is 4.79 Å². The first-order chi connectivity index (χ1) is 18.8. The second-order valence-electron chi connectivity index (χ2n) is 12.5. The molecule has 0 unspecified atom stereocenters. The van der Waals surface area contributed by atoms with Crippen molar-refractivity contribution in [1.82, 2.24) is 10.2 Å². The minimum Gasteiger partial charge on any atom is -0.444 e. The lowest BCUT2D eigenvalue weighted by molar-refractivity contribution is 0.0205. The fourth-order valence-electron chi connectivity index (χ4n) is 5.55. The molecule has 0 radical (unpaired) electrons. The highest BCUT2D eigenvalue weighted by Gasteiger charge is 2.27. The Bertz CT molecular complexity index is 948. The summed E-state index contributed by atoms with van der Waals surface area (Å²) in [6.45, 7) is 14.2. The topological polar surface area (TPSA) is 41.6 Å². The lowest BCUT2D eigenvalue weighted by Gasteiger charge is -2.33. The summed E-state index contributed by atoms with van der Waals surface area (Å²) in [5, 5.41) is 3.42. The molecule has 4 heteroatoms. The lowest BCUT2D eigenvalue weighted by Crippen LogP contribution is -2.41. The first-order valence-electron chi connectivity index (χ1n) is 15.6. The van der Waals surface area contributed by atoms with E-state index >= 15 is 0 Å². The Balaban J connectivity index is 0.000000230. The van der Waals surface area contributed by atoms with E-state index in [1.54, 1.807) is 5.56 Å². The molecule has 216 valence electrons. The number of amides is 1. The van der Waals surface area contributed by atoms with Gasteiger partial charge in [-0.15, -0.1) is 0 Å². The predicted octanol–water partition coefficient (Wildman–Crippen LogP) is 8.64. The summed E-state index contributed by atoms with van der Waals surface area (Å²) in [4.78, 5) is 14.0. The van der Waals surface area contributed by atoms with Gasteiger partial charge in [-0.05, 0) is 119 Å². The van der Waals surface area contributed by atoms with E-state index in [4.69, 9.17) is 4.74 Å². The van der Waals surface area contributed by atoms with Gasteiger partial charge < -0.3 is 15.0 Å². The number of hydrogen-bond acceptors (Lipinski definition) is 3. The van der Waals surface area contributed by atoms with Crippen LogP contribution in [0.2, 0.25) is 0 Å². The van der Waals surface area contributed by atoms with Crippen molar-refractivity contribution in [3.05, 3.63) is 70.8 Å². The van der Waals surface area contributed by atoms with Gasteiger partial charge in [-0.2, -0.15) is 0 Å². The van der Waals surface area contributed by atoms with E-state index < -0.39 is 5.60 Å². The Kier molecular flexibility index (Phi) is 12.8. The molecule has 2 saturated heterocycles. The molecule has 0 spiro atoms. The number of benzene rings is 2. The van der Waals surface area contributed by atoms with Crippen molar-refractivity contribution >= 4 is 6.09 Å². The number of rotatable bonds is 8. The first kappa shape index (κ1) is 31.2. The van der Waals surface area contributed by atoms with Gasteiger partial charge in [0.25, 0.3) is 0 Å². The third-order valence-electron chi connectivity index (χ3n) is 8.03. The number of nitrogens with one attached hydrogen (secondary N) is 1. The number of likely N-dealkylation sites (tertiary alicyclic amines) is 1. The van der Waals surface area contributed by atoms with Crippen LogP contribution in [0.15, 0.2) is 48.5 Å². The molecule has 0 saturated carbocycles. The van der Waals surface area contributed by atoms with E-state index in [1.807, 2.05) is 25.7 Å². The zero-order chi connectivity index (χ0) is 28.1. The van der Waals surface area contributed by atoms with Crippen molar-refractivity contribution < 1.29 is 9.53 Å². The molecule has 1 N–H and O–H groups in total. The molecule has 2 aromatic carbocycles. The third-order valence-corrected chi connectivity index (χ3v) is 8.03. The zero-order valence-corrected chi connectivity index (χ0v) is 25.4. The molecule has 0 aromatic heterocycles. The van der Waals surface area contributed by atoms with Gasteiger partial charge >= 0.3 is 6.09 Å². The van der Waals surface area contributed by atoms with Crippen LogP contribution in [0, 0.1) is 0 Å². The smallest absolute Gasteiger partial charge is 0.410 e. The maximum absolute atomic E-state index is 12.1. The van der Waals surface area contributed by atoms with Crippen LogP contribution in [0.1, 0.15) is 120 Å². The van der Waals surface area contributed by atoms with Crippen LogP contribution in [-0.2, 0) is 17.6 Å². The number of carbonyl (C=O) groups excluding carboxylic acids is 1. The number of aryl methyl sites for hydroxylation is 2. The van der Waals surface area contributed by atoms with Gasteiger partial charge in [-0.1, -0.05) is 75.2 Å². The van der Waals surface area contributed by atoms with Gasteiger partial charge in [-0.3, -0.25) is 0 Å². The second kappa shape index (κ2) is 16.1. The van der Waals surface area contributed by atoms with Crippen molar-refractivity contribution in [2.75, 3.05) is 26.2 Å². The number of nitrogens with zero attached hydrogens (tertiary/aromatic N) is 1. The van der Waals surface area contributed by atoms with Gasteiger partial charge in [0.15, 0.2) is 0 Å². The molecule has 2 aliphatic heterocycles. The standard InChI is InChI=1S/C20H31NO2.C15H23N/c1-5-6-7-16-8-10-17(11-9-16)18-12-14-21(15-13-18)19(22)23-20(2,3)4;1-2-3-4-13-5-7-14(8-6-13)15-9-11-16-12-10-15/h8-11,18H,5-7,12-15H2,1-4H3;5-8,15-16H,2-4,9-12H2,1H3. The van der Waals surface area contributed by atoms with Crippen LogP contribution in [-0.4, -0.2) is 42.8 Å². The Morgan fingerprint density at radius 1 is 0.769 bits per heavy atom. The highest BCUT2D eigenvalue weighted by atomic mass is 16.6. The number of carbonyl (C=O) groups is 1. The summed E-state index contributed by atoms with van der Waals surface area (Å²) in [5.41, 5.74) is 5.47. The third kappa shape index (κ3) is 11.0. The molecule has 0 aliphatic carbocycles. The van der Waals surface area contributed by atoms with E-state index in [1.165, 1.54) is 81.1 Å². The van der Waals surface area contributed by atoms with E-state index in [2.05, 4.69) is 67.7 Å². The molecular formula is C35H54N2O2. The molecule has 0 bridgehead atoms. The molecule has 2 fully saturated rings. The minimum atomic E-state index is -0.414. The van der Waals surface area contributed by atoms with Crippen molar-refractivity contribution in [2.24, 2.45) is 0 Å². The van der Waals surface area contributed by atoms with Crippen molar-refractivity contribution in [2.45, 2.75) is 116 Å². The number of unbranched alkanes of at least 4 members (excludes halogenated alkanes) is 2. The van der Waals surface area contributed by atoms with Crippen LogP contribution in [0.25, 0.3) is 0 Å². The average molecular weight is 535 g/mol. The fourth-order valence-corrected chi connectivity index (χ4v) is 5.55. The number of piperidine rings is 2. The predicted molar refractivity (Wildman–Crippen MR) is 165 cm³/mol. The summed E-state index contributed by atoms with van der Waals surface area (Å²) in [5.74, 6) is 1.36. The van der Waals surface area contributed by atoms with Crippen LogP contribution >= 0.6 is 0 Å². The maximum atomic E-state index is 12.1. The van der Waals surface area contributed by atoms with Crippen molar-refractivity contribution in [3.63, 3.8) is 0 Å². The normalized spacial score (nSPS) is 16.9. The van der Waals surface area contributed by atoms with Gasteiger partial charge in [0.2, 0.25) is 0 Å². The summed E-state index contributed by atoms with van der Waals surface area (Å²) >= 11 is 0. The van der Waals surface area contributed by atoms with Crippen molar-refractivity contribution in [1.29, 1.82) is 0 Å². The molecule has 2 aromatic rings. The molecular weight excluding hydrogens is 480 g/mol. The maximum Gasteiger partial charge on any atom is 0.410 e. The summed E-state index contributed by atoms with van der Waals surface area (Å²) in [6, 6.07) is 18.4. The van der Waals surface area contributed by atoms with Crippen LogP contribution in [0.5, 0.6) is 0 Å². The molecule has 0 atom stereocenters. The quantitative estimate of drug-likeness (QED) is 0.368. The van der Waals surface area contributed by atoms with E-state index in [-0.39, 0.29) is 6.09 Å². The highest BCUT2D eigenvalue weighted by Crippen LogP contribution is 2.29. The fraction of sp³-hybridized carbons (Fsp3) is 0.629. The second-order valence-corrected chi connectivity index (χ2v) is 12.5. The number of hydrogen-bond donors (Lipinski definition) is 1. The molecule has 4 nitrogen and oxygen atoms in total.